The van der Waals surface area contributed by atoms with Crippen LogP contribution < -0.4 is 0 Å². The topological polar surface area (TPSA) is 57.5 Å². The molecule has 56 valence electrons. The Hall–Kier alpha value is -1.35. The van der Waals surface area contributed by atoms with Crippen LogP contribution in [0.2, 0.25) is 0 Å². The Labute approximate surface area is 63.0 Å². The van der Waals surface area contributed by atoms with E-state index in [2.05, 4.69) is 0 Å². The summed E-state index contributed by atoms with van der Waals surface area (Å²) in [4.78, 5) is 10.9. The molecule has 0 spiro atoms. The minimum Gasteiger partial charge on any atom is -0.504 e. The maximum Gasteiger partial charge on any atom is 0.230 e. The summed E-state index contributed by atoms with van der Waals surface area (Å²) in [6, 6.07) is 0. The van der Waals surface area contributed by atoms with Gasteiger partial charge >= 0.3 is 0 Å². The quantitative estimate of drug-likeness (QED) is 0.520. The van der Waals surface area contributed by atoms with Crippen molar-refractivity contribution in [2.75, 3.05) is 0 Å². The van der Waals surface area contributed by atoms with Crippen LogP contribution in [0.25, 0.3) is 0 Å². The number of hydrogen-bond donors (Lipinski definition) is 2. The van der Waals surface area contributed by atoms with Crippen molar-refractivity contribution in [1.29, 1.82) is 0 Å². The lowest BCUT2D eigenvalue weighted by atomic mass is 10.1. The number of carbonyl (C=O) groups excluding carboxylic acids is 1. The van der Waals surface area contributed by atoms with Crippen LogP contribution in [0, 0.1) is 0 Å². The summed E-state index contributed by atoms with van der Waals surface area (Å²) >= 11 is 0. The lowest BCUT2D eigenvalue weighted by Crippen LogP contribution is -2.16. The van der Waals surface area contributed by atoms with Crippen LogP contribution in [0.3, 0.4) is 0 Å². The molecule has 0 aromatic rings. The Bertz CT molecular complexity index is 320. The van der Waals surface area contributed by atoms with Crippen molar-refractivity contribution in [2.24, 2.45) is 0 Å². The molecule has 0 saturated carbocycles. The van der Waals surface area contributed by atoms with E-state index in [0.717, 1.165) is 0 Å². The Morgan fingerprint density at radius 2 is 2.18 bits per heavy atom. The second-order valence-corrected chi connectivity index (χ2v) is 2.51. The number of ketones is 1. The van der Waals surface area contributed by atoms with E-state index in [1.807, 2.05) is 0 Å². The van der Waals surface area contributed by atoms with Crippen molar-refractivity contribution in [2.45, 2.75) is 6.10 Å². The van der Waals surface area contributed by atoms with Crippen LogP contribution in [0.15, 0.2) is 35.1 Å². The van der Waals surface area contributed by atoms with Crippen LogP contribution in [-0.4, -0.2) is 22.1 Å². The largest absolute Gasteiger partial charge is 0.504 e. The van der Waals surface area contributed by atoms with Gasteiger partial charge in [0, 0.05) is 5.57 Å². The predicted molar refractivity (Wildman–Crippen MR) is 37.9 cm³/mol. The molecule has 2 rings (SSSR count). The molecule has 0 aromatic heterocycles. The molecule has 3 nitrogen and oxygen atoms in total. The molecule has 0 radical (unpaired) electrons. The minimum atomic E-state index is -1.15. The molecule has 3 heteroatoms. The molecule has 2 N–H and O–H groups in total. The predicted octanol–water partition coefficient (Wildman–Crippen LogP) is 0.238. The first-order chi connectivity index (χ1) is 5.22. The van der Waals surface area contributed by atoms with Crippen LogP contribution >= 0.6 is 0 Å². The highest BCUT2D eigenvalue weighted by Crippen LogP contribution is 2.31. The van der Waals surface area contributed by atoms with E-state index in [1.165, 1.54) is 0 Å². The van der Waals surface area contributed by atoms with Gasteiger partial charge in [0.05, 0.1) is 0 Å². The molecule has 2 aliphatic rings. The Morgan fingerprint density at radius 1 is 1.45 bits per heavy atom. The highest BCUT2D eigenvalue weighted by atomic mass is 16.3. The highest BCUT2D eigenvalue weighted by Gasteiger charge is 2.36. The van der Waals surface area contributed by atoms with E-state index in [0.29, 0.717) is 11.1 Å². The van der Waals surface area contributed by atoms with E-state index in [-0.39, 0.29) is 5.76 Å². The van der Waals surface area contributed by atoms with Crippen molar-refractivity contribution in [3.05, 3.63) is 35.1 Å². The first-order valence-electron chi connectivity index (χ1n) is 3.26. The highest BCUT2D eigenvalue weighted by molar-refractivity contribution is 6.05. The number of allylic oxidation sites excluding steroid dienone is 3. The smallest absolute Gasteiger partial charge is 0.230 e. The van der Waals surface area contributed by atoms with E-state index in [9.17, 15) is 9.90 Å². The van der Waals surface area contributed by atoms with Gasteiger partial charge in [0.2, 0.25) is 5.78 Å². The summed E-state index contributed by atoms with van der Waals surface area (Å²) in [5, 5.41) is 18.3. The second kappa shape index (κ2) is 1.83. The average Bonchev–Trinajstić information content (AvgIpc) is 2.53. The fourth-order valence-corrected chi connectivity index (χ4v) is 1.29. The lowest BCUT2D eigenvalue weighted by Gasteiger charge is -1.98. The summed E-state index contributed by atoms with van der Waals surface area (Å²) in [7, 11) is 0. The normalized spacial score (nSPS) is 27.9. The third-order valence-electron chi connectivity index (χ3n) is 1.88. The second-order valence-electron chi connectivity index (χ2n) is 2.51. The minimum absolute atomic E-state index is 0.322. The van der Waals surface area contributed by atoms with Gasteiger partial charge < -0.3 is 10.2 Å². The number of fused-ring (bicyclic) bond motifs is 1. The Kier molecular flexibility index (Phi) is 1.06. The Morgan fingerprint density at radius 3 is 2.82 bits per heavy atom. The molecule has 0 heterocycles. The van der Waals surface area contributed by atoms with Crippen LogP contribution in [0.5, 0.6) is 0 Å². The summed E-state index contributed by atoms with van der Waals surface area (Å²) in [5.41, 5.74) is 0.968. The molecule has 11 heavy (non-hydrogen) atoms. The zero-order valence-corrected chi connectivity index (χ0v) is 5.61. The van der Waals surface area contributed by atoms with Crippen molar-refractivity contribution in [3.8, 4) is 0 Å². The van der Waals surface area contributed by atoms with Crippen molar-refractivity contribution in [1.82, 2.24) is 0 Å². The average molecular weight is 150 g/mol. The number of aliphatic hydroxyl groups excluding tert-OH is 2. The first-order valence-corrected chi connectivity index (χ1v) is 3.26. The van der Waals surface area contributed by atoms with Crippen molar-refractivity contribution >= 4 is 5.78 Å². The Balaban J connectivity index is 2.59. The SMILES string of the molecule is O=C1C(O)=C2C=CC=C2C1O. The van der Waals surface area contributed by atoms with Gasteiger partial charge in [0.15, 0.2) is 5.76 Å². The lowest BCUT2D eigenvalue weighted by molar-refractivity contribution is -0.123. The van der Waals surface area contributed by atoms with E-state index < -0.39 is 11.9 Å². The van der Waals surface area contributed by atoms with Gasteiger partial charge in [-0.1, -0.05) is 18.2 Å². The fourth-order valence-electron chi connectivity index (χ4n) is 1.29. The molecule has 0 aliphatic heterocycles. The van der Waals surface area contributed by atoms with Crippen LogP contribution in [0.4, 0.5) is 0 Å². The van der Waals surface area contributed by atoms with E-state index in [4.69, 9.17) is 5.11 Å². The standard InChI is InChI=1S/C8H6O3/c9-6-4-2-1-3-5(4)7(10)8(6)11/h1-3,6,9-10H. The molecule has 1 atom stereocenters. The van der Waals surface area contributed by atoms with Crippen LogP contribution in [-0.2, 0) is 4.79 Å². The number of carbonyl (C=O) groups is 1. The zero-order valence-electron chi connectivity index (χ0n) is 5.61. The summed E-state index contributed by atoms with van der Waals surface area (Å²) in [6.45, 7) is 0. The van der Waals surface area contributed by atoms with E-state index >= 15 is 0 Å². The maximum absolute atomic E-state index is 10.9. The van der Waals surface area contributed by atoms with Gasteiger partial charge in [-0.25, -0.2) is 0 Å². The first kappa shape index (κ1) is 6.37. The summed E-state index contributed by atoms with van der Waals surface area (Å²) in [6.07, 6.45) is 3.77. The third kappa shape index (κ3) is 0.630. The van der Waals surface area contributed by atoms with Gasteiger partial charge in [-0.05, 0) is 5.57 Å². The van der Waals surface area contributed by atoms with Crippen molar-refractivity contribution in [3.63, 3.8) is 0 Å². The monoisotopic (exact) mass is 150 g/mol. The molecule has 0 saturated heterocycles. The zero-order chi connectivity index (χ0) is 8.01. The molecule has 0 bridgehead atoms. The number of hydrogen-bond acceptors (Lipinski definition) is 3. The summed E-state index contributed by atoms with van der Waals surface area (Å²) < 4.78 is 0. The van der Waals surface area contributed by atoms with Gasteiger partial charge in [0.1, 0.15) is 6.10 Å². The molecule has 0 amide bonds. The van der Waals surface area contributed by atoms with Gasteiger partial charge in [-0.15, -0.1) is 0 Å². The van der Waals surface area contributed by atoms with Crippen molar-refractivity contribution < 1.29 is 15.0 Å². The molecule has 0 aromatic carbocycles. The number of rotatable bonds is 0. The number of aliphatic hydroxyl groups is 2. The molecular formula is C8H6O3. The molecule has 2 aliphatic carbocycles. The van der Waals surface area contributed by atoms with Gasteiger partial charge in [-0.3, -0.25) is 4.79 Å². The third-order valence-corrected chi connectivity index (χ3v) is 1.88. The fraction of sp³-hybridized carbons (Fsp3) is 0.125. The molecular weight excluding hydrogens is 144 g/mol. The summed E-state index contributed by atoms with van der Waals surface area (Å²) in [5.74, 6) is -0.923. The number of Topliss-reactive ketones (excluding diaryl/α,β-unsaturated/α-hetero) is 1. The maximum atomic E-state index is 10.9. The van der Waals surface area contributed by atoms with E-state index in [1.54, 1.807) is 18.2 Å². The van der Waals surface area contributed by atoms with Gasteiger partial charge in [-0.2, -0.15) is 0 Å². The van der Waals surface area contributed by atoms with Crippen LogP contribution in [0.1, 0.15) is 0 Å². The van der Waals surface area contributed by atoms with Gasteiger partial charge in [0.25, 0.3) is 0 Å². The molecule has 0 fully saturated rings. The molecule has 1 unspecified atom stereocenters.